The molecule has 0 saturated carbocycles. The fourth-order valence-corrected chi connectivity index (χ4v) is 4.02. The molecular formula is C21H23FN4O. The number of hydrogen-bond acceptors (Lipinski definition) is 4. The third-order valence-corrected chi connectivity index (χ3v) is 5.52. The summed E-state index contributed by atoms with van der Waals surface area (Å²) in [7, 11) is 1.73. The molecule has 1 aliphatic heterocycles. The summed E-state index contributed by atoms with van der Waals surface area (Å²) >= 11 is 0. The van der Waals surface area contributed by atoms with Gasteiger partial charge < -0.3 is 4.90 Å². The Balaban J connectivity index is 1.66. The van der Waals surface area contributed by atoms with Gasteiger partial charge in [-0.3, -0.25) is 14.3 Å². The molecule has 1 saturated heterocycles. The van der Waals surface area contributed by atoms with Crippen LogP contribution in [-0.2, 0) is 7.05 Å². The van der Waals surface area contributed by atoms with E-state index in [4.69, 9.17) is 0 Å². The number of nitrogens with zero attached hydrogens (tertiary/aromatic N) is 4. The monoisotopic (exact) mass is 366 g/mol. The molecule has 3 heterocycles. The summed E-state index contributed by atoms with van der Waals surface area (Å²) in [5.41, 5.74) is 0.474. The zero-order chi connectivity index (χ0) is 18.8. The van der Waals surface area contributed by atoms with Crippen molar-refractivity contribution in [3.05, 3.63) is 65.0 Å². The number of allylic oxidation sites excluding steroid dienone is 4. The molecule has 2 atom stereocenters. The SMILES string of the molecule is Cn1c(N2CCC[C@H](C3C=CC=CC3)C2)nc(-c2ccncc2F)cc1=O. The van der Waals surface area contributed by atoms with Crippen molar-refractivity contribution in [1.82, 2.24) is 14.5 Å². The fourth-order valence-electron chi connectivity index (χ4n) is 4.02. The zero-order valence-electron chi connectivity index (χ0n) is 15.4. The van der Waals surface area contributed by atoms with Gasteiger partial charge in [0, 0.05) is 38.0 Å². The standard InChI is InChI=1S/C21H23FN4O/c1-25-20(27)12-19(17-9-10-23-13-18(17)22)24-21(25)26-11-5-8-16(14-26)15-6-3-2-4-7-15/h2-4,6,9-10,12-13,15-16H,5,7-8,11,14H2,1H3/t15?,16-/m0/s1. The minimum Gasteiger partial charge on any atom is -0.342 e. The Labute approximate surface area is 157 Å². The summed E-state index contributed by atoms with van der Waals surface area (Å²) in [6.45, 7) is 1.71. The highest BCUT2D eigenvalue weighted by molar-refractivity contribution is 5.60. The Morgan fingerprint density at radius 1 is 1.30 bits per heavy atom. The van der Waals surface area contributed by atoms with Gasteiger partial charge >= 0.3 is 0 Å². The largest absolute Gasteiger partial charge is 0.342 e. The molecular weight excluding hydrogens is 343 g/mol. The molecule has 0 spiro atoms. The number of rotatable bonds is 3. The van der Waals surface area contributed by atoms with Crippen LogP contribution in [0.5, 0.6) is 0 Å². The van der Waals surface area contributed by atoms with Gasteiger partial charge in [0.15, 0.2) is 5.82 Å². The first kappa shape index (κ1) is 17.6. The lowest BCUT2D eigenvalue weighted by molar-refractivity contribution is 0.326. The van der Waals surface area contributed by atoms with Gasteiger partial charge in [0.05, 0.1) is 11.9 Å². The zero-order valence-corrected chi connectivity index (χ0v) is 15.4. The van der Waals surface area contributed by atoms with Crippen LogP contribution in [0, 0.1) is 17.7 Å². The van der Waals surface area contributed by atoms with E-state index in [1.54, 1.807) is 17.7 Å². The van der Waals surface area contributed by atoms with Crippen LogP contribution >= 0.6 is 0 Å². The molecule has 140 valence electrons. The number of hydrogen-bond donors (Lipinski definition) is 0. The van der Waals surface area contributed by atoms with Crippen molar-refractivity contribution >= 4 is 5.95 Å². The first-order valence-corrected chi connectivity index (χ1v) is 9.39. The van der Waals surface area contributed by atoms with Gasteiger partial charge in [0.1, 0.15) is 0 Å². The van der Waals surface area contributed by atoms with E-state index in [-0.39, 0.29) is 5.56 Å². The summed E-state index contributed by atoms with van der Waals surface area (Å²) in [5.74, 6) is 1.18. The highest BCUT2D eigenvalue weighted by Gasteiger charge is 2.28. The molecule has 27 heavy (non-hydrogen) atoms. The highest BCUT2D eigenvalue weighted by Crippen LogP contribution is 2.31. The smallest absolute Gasteiger partial charge is 0.255 e. The summed E-state index contributed by atoms with van der Waals surface area (Å²) < 4.78 is 15.7. The number of pyridine rings is 1. The van der Waals surface area contributed by atoms with Gasteiger partial charge in [0.25, 0.3) is 5.56 Å². The molecule has 5 nitrogen and oxygen atoms in total. The fraction of sp³-hybridized carbons (Fsp3) is 0.381. The summed E-state index contributed by atoms with van der Waals surface area (Å²) in [6, 6.07) is 2.94. The van der Waals surface area contributed by atoms with Gasteiger partial charge in [-0.05, 0) is 37.2 Å². The minimum absolute atomic E-state index is 0.186. The molecule has 0 amide bonds. The summed E-state index contributed by atoms with van der Waals surface area (Å²) in [5, 5.41) is 0. The molecule has 0 radical (unpaired) electrons. The maximum Gasteiger partial charge on any atom is 0.255 e. The molecule has 1 fully saturated rings. The van der Waals surface area contributed by atoms with E-state index in [9.17, 15) is 9.18 Å². The van der Waals surface area contributed by atoms with Crippen molar-refractivity contribution in [3.8, 4) is 11.3 Å². The van der Waals surface area contributed by atoms with E-state index < -0.39 is 5.82 Å². The molecule has 0 bridgehead atoms. The van der Waals surface area contributed by atoms with Crippen molar-refractivity contribution in [3.63, 3.8) is 0 Å². The maximum absolute atomic E-state index is 14.1. The third kappa shape index (κ3) is 3.56. The molecule has 0 aromatic carbocycles. The quantitative estimate of drug-likeness (QED) is 0.836. The Morgan fingerprint density at radius 3 is 2.96 bits per heavy atom. The lowest BCUT2D eigenvalue weighted by Gasteiger charge is -2.37. The van der Waals surface area contributed by atoms with Crippen molar-refractivity contribution in [2.75, 3.05) is 18.0 Å². The van der Waals surface area contributed by atoms with Crippen LogP contribution in [-0.4, -0.2) is 27.6 Å². The van der Waals surface area contributed by atoms with E-state index in [0.29, 0.717) is 29.0 Å². The van der Waals surface area contributed by atoms with E-state index in [1.165, 1.54) is 18.7 Å². The van der Waals surface area contributed by atoms with Crippen LogP contribution in [0.3, 0.4) is 0 Å². The Kier molecular flexibility index (Phi) is 4.88. The lowest BCUT2D eigenvalue weighted by Crippen LogP contribution is -2.41. The molecule has 2 aliphatic rings. The van der Waals surface area contributed by atoms with Crippen molar-refractivity contribution < 1.29 is 4.39 Å². The topological polar surface area (TPSA) is 51.0 Å². The van der Waals surface area contributed by atoms with Crippen molar-refractivity contribution in [2.45, 2.75) is 19.3 Å². The molecule has 0 N–H and O–H groups in total. The van der Waals surface area contributed by atoms with Crippen LogP contribution in [0.2, 0.25) is 0 Å². The molecule has 6 heteroatoms. The van der Waals surface area contributed by atoms with Gasteiger partial charge in [-0.25, -0.2) is 9.37 Å². The molecule has 2 aromatic heterocycles. The van der Waals surface area contributed by atoms with Crippen LogP contribution in [0.1, 0.15) is 19.3 Å². The second-order valence-corrected chi connectivity index (χ2v) is 7.26. The molecule has 4 rings (SSSR count). The number of piperidine rings is 1. The van der Waals surface area contributed by atoms with Gasteiger partial charge in [-0.2, -0.15) is 0 Å². The number of anilines is 1. The van der Waals surface area contributed by atoms with Crippen LogP contribution < -0.4 is 10.5 Å². The second-order valence-electron chi connectivity index (χ2n) is 7.26. The summed E-state index contributed by atoms with van der Waals surface area (Å²) in [4.78, 5) is 23.1. The van der Waals surface area contributed by atoms with Gasteiger partial charge in [-0.15, -0.1) is 0 Å². The maximum atomic E-state index is 14.1. The predicted octanol–water partition coefficient (Wildman–Crippen LogP) is 3.33. The first-order chi connectivity index (χ1) is 13.1. The molecule has 1 aliphatic carbocycles. The average Bonchev–Trinajstić information content (AvgIpc) is 2.71. The number of halogens is 1. The molecule has 1 unspecified atom stereocenters. The minimum atomic E-state index is -0.472. The molecule has 2 aromatic rings. The Hall–Kier alpha value is -2.76. The van der Waals surface area contributed by atoms with Crippen LogP contribution in [0.4, 0.5) is 10.3 Å². The first-order valence-electron chi connectivity index (χ1n) is 9.39. The van der Waals surface area contributed by atoms with Crippen LogP contribution in [0.25, 0.3) is 11.3 Å². The van der Waals surface area contributed by atoms with Crippen molar-refractivity contribution in [1.29, 1.82) is 0 Å². The van der Waals surface area contributed by atoms with E-state index in [1.807, 2.05) is 0 Å². The Morgan fingerprint density at radius 2 is 2.19 bits per heavy atom. The average molecular weight is 366 g/mol. The second kappa shape index (κ2) is 7.47. The Bertz CT molecular complexity index is 949. The van der Waals surface area contributed by atoms with Crippen molar-refractivity contribution in [2.24, 2.45) is 18.9 Å². The van der Waals surface area contributed by atoms with Crippen LogP contribution in [0.15, 0.2) is 53.6 Å². The van der Waals surface area contributed by atoms with E-state index in [0.717, 1.165) is 32.1 Å². The van der Waals surface area contributed by atoms with Gasteiger partial charge in [-0.1, -0.05) is 24.3 Å². The third-order valence-electron chi connectivity index (χ3n) is 5.52. The normalized spacial score (nSPS) is 22.2. The highest BCUT2D eigenvalue weighted by atomic mass is 19.1. The summed E-state index contributed by atoms with van der Waals surface area (Å²) in [6.07, 6.45) is 14.7. The van der Waals surface area contributed by atoms with E-state index in [2.05, 4.69) is 39.2 Å². The van der Waals surface area contributed by atoms with Gasteiger partial charge in [0.2, 0.25) is 5.95 Å². The lowest BCUT2D eigenvalue weighted by atomic mass is 9.82. The predicted molar refractivity (Wildman–Crippen MR) is 104 cm³/mol. The van der Waals surface area contributed by atoms with E-state index >= 15 is 0 Å². The number of aromatic nitrogens is 3.